The number of imidazole rings is 1. The highest BCUT2D eigenvalue weighted by atomic mass is 16.3. The summed E-state index contributed by atoms with van der Waals surface area (Å²) in [6.07, 6.45) is 18.5. The van der Waals surface area contributed by atoms with Gasteiger partial charge in [0.2, 0.25) is 0 Å². The van der Waals surface area contributed by atoms with Crippen molar-refractivity contribution in [2.24, 2.45) is 34.5 Å². The van der Waals surface area contributed by atoms with Gasteiger partial charge in [-0.25, -0.2) is 4.98 Å². The summed E-state index contributed by atoms with van der Waals surface area (Å²) in [6, 6.07) is 0. The average Bonchev–Trinajstić information content (AvgIpc) is 3.21. The minimum Gasteiger partial charge on any atom is -0.393 e. The molecule has 25 heavy (non-hydrogen) atoms. The number of aromatic nitrogens is 2. The zero-order valence-corrected chi connectivity index (χ0v) is 15.7. The first-order valence-corrected chi connectivity index (χ1v) is 10.4. The van der Waals surface area contributed by atoms with Crippen molar-refractivity contribution in [2.45, 2.75) is 71.3 Å². The van der Waals surface area contributed by atoms with Gasteiger partial charge in [0.15, 0.2) is 0 Å². The standard InChI is InChI=1S/C22H32N2O/c1-21-9-4-3-5-18(21)19(25)13-15-16-6-7-20(24-12-11-23-14-24)22(16,2)10-8-17(15)21/h7,11-12,14-19,25H,3-6,8-10,13H2,1-2H3/t15-,16?,17-,18?,19?,21+,22-/m0/s1. The first-order chi connectivity index (χ1) is 12.0. The van der Waals surface area contributed by atoms with Crippen LogP contribution < -0.4 is 0 Å². The number of allylic oxidation sites excluding steroid dienone is 2. The number of aliphatic hydroxyl groups excluding tert-OH is 1. The van der Waals surface area contributed by atoms with E-state index < -0.39 is 0 Å². The molecule has 3 saturated carbocycles. The van der Waals surface area contributed by atoms with Gasteiger partial charge in [0.05, 0.1) is 12.4 Å². The van der Waals surface area contributed by atoms with Crippen LogP contribution in [0.15, 0.2) is 24.8 Å². The van der Waals surface area contributed by atoms with Gasteiger partial charge in [-0.1, -0.05) is 32.8 Å². The molecular weight excluding hydrogens is 308 g/mol. The summed E-state index contributed by atoms with van der Waals surface area (Å²) in [5.74, 6) is 2.74. The van der Waals surface area contributed by atoms with Gasteiger partial charge in [-0.15, -0.1) is 0 Å². The summed E-state index contributed by atoms with van der Waals surface area (Å²) in [4.78, 5) is 4.28. The predicted molar refractivity (Wildman–Crippen MR) is 99.6 cm³/mol. The van der Waals surface area contributed by atoms with Gasteiger partial charge in [-0.3, -0.25) is 0 Å². The number of fused-ring (bicyclic) bond motifs is 5. The Morgan fingerprint density at radius 1 is 1.12 bits per heavy atom. The fraction of sp³-hybridized carbons (Fsp3) is 0.773. The van der Waals surface area contributed by atoms with Crippen LogP contribution in [-0.2, 0) is 0 Å². The summed E-state index contributed by atoms with van der Waals surface area (Å²) < 4.78 is 2.24. The molecule has 0 saturated heterocycles. The molecular formula is C22H32N2O. The van der Waals surface area contributed by atoms with Crippen molar-refractivity contribution in [2.75, 3.05) is 0 Å². The van der Waals surface area contributed by atoms with E-state index >= 15 is 0 Å². The van der Waals surface area contributed by atoms with E-state index in [0.717, 1.165) is 12.3 Å². The molecule has 136 valence electrons. The fourth-order valence-corrected chi connectivity index (χ4v) is 7.70. The van der Waals surface area contributed by atoms with Crippen LogP contribution in [-0.4, -0.2) is 20.8 Å². The topological polar surface area (TPSA) is 38.0 Å². The maximum atomic E-state index is 11.0. The summed E-state index contributed by atoms with van der Waals surface area (Å²) in [6.45, 7) is 5.01. The van der Waals surface area contributed by atoms with E-state index in [9.17, 15) is 5.11 Å². The molecule has 7 atom stereocenters. The Morgan fingerprint density at radius 2 is 2.00 bits per heavy atom. The molecule has 3 heteroatoms. The third-order valence-electron chi connectivity index (χ3n) is 8.91. The number of hydrogen-bond acceptors (Lipinski definition) is 2. The number of rotatable bonds is 1. The van der Waals surface area contributed by atoms with Crippen LogP contribution in [0.3, 0.4) is 0 Å². The summed E-state index contributed by atoms with van der Waals surface area (Å²) in [7, 11) is 0. The van der Waals surface area contributed by atoms with E-state index in [1.165, 1.54) is 50.6 Å². The smallest absolute Gasteiger partial charge is 0.0989 e. The van der Waals surface area contributed by atoms with Crippen molar-refractivity contribution in [1.29, 1.82) is 0 Å². The zero-order valence-electron chi connectivity index (χ0n) is 15.7. The number of nitrogens with zero attached hydrogens (tertiary/aromatic N) is 2. The van der Waals surface area contributed by atoms with Crippen molar-refractivity contribution in [1.82, 2.24) is 9.55 Å². The van der Waals surface area contributed by atoms with Crippen LogP contribution in [0.25, 0.3) is 5.70 Å². The van der Waals surface area contributed by atoms with Gasteiger partial charge in [-0.05, 0) is 67.6 Å². The highest BCUT2D eigenvalue weighted by molar-refractivity contribution is 5.56. The molecule has 4 aliphatic rings. The van der Waals surface area contributed by atoms with Crippen molar-refractivity contribution < 1.29 is 5.11 Å². The molecule has 0 bridgehead atoms. The van der Waals surface area contributed by atoms with Crippen molar-refractivity contribution in [3.63, 3.8) is 0 Å². The van der Waals surface area contributed by atoms with Gasteiger partial charge in [0.25, 0.3) is 0 Å². The SMILES string of the molecule is C[C@]12CCCCC1C(O)C[C@H]1C3CC=C(n4ccnc4)[C@@]3(C)CC[C@@H]12. The molecule has 3 unspecified atom stereocenters. The first-order valence-electron chi connectivity index (χ1n) is 10.4. The van der Waals surface area contributed by atoms with Crippen LogP contribution in [0.5, 0.6) is 0 Å². The van der Waals surface area contributed by atoms with Gasteiger partial charge in [-0.2, -0.15) is 0 Å². The Labute approximate surface area is 151 Å². The lowest BCUT2D eigenvalue weighted by Crippen LogP contribution is -2.56. The minimum absolute atomic E-state index is 0.0776. The summed E-state index contributed by atoms with van der Waals surface area (Å²) in [5, 5.41) is 11.0. The lowest BCUT2D eigenvalue weighted by molar-refractivity contribution is -0.149. The average molecular weight is 341 g/mol. The largest absolute Gasteiger partial charge is 0.393 e. The number of hydrogen-bond donors (Lipinski definition) is 1. The van der Waals surface area contributed by atoms with Crippen LogP contribution in [0.4, 0.5) is 0 Å². The van der Waals surface area contributed by atoms with E-state index in [1.54, 1.807) is 0 Å². The lowest BCUT2D eigenvalue weighted by Gasteiger charge is -2.61. The lowest BCUT2D eigenvalue weighted by atomic mass is 9.44. The van der Waals surface area contributed by atoms with Gasteiger partial charge < -0.3 is 9.67 Å². The predicted octanol–water partition coefficient (Wildman–Crippen LogP) is 4.74. The summed E-state index contributed by atoms with van der Waals surface area (Å²) in [5.41, 5.74) is 2.08. The molecule has 1 N–H and O–H groups in total. The zero-order chi connectivity index (χ0) is 17.2. The van der Waals surface area contributed by atoms with Crippen molar-refractivity contribution >= 4 is 5.70 Å². The Hall–Kier alpha value is -1.09. The van der Waals surface area contributed by atoms with Gasteiger partial charge in [0.1, 0.15) is 0 Å². The van der Waals surface area contributed by atoms with Crippen molar-refractivity contribution in [3.05, 3.63) is 24.8 Å². The highest BCUT2D eigenvalue weighted by Gasteiger charge is 2.60. The molecule has 3 nitrogen and oxygen atoms in total. The van der Waals surface area contributed by atoms with E-state index in [4.69, 9.17) is 0 Å². The molecule has 0 spiro atoms. The number of aliphatic hydroxyl groups is 1. The highest BCUT2D eigenvalue weighted by Crippen LogP contribution is 2.66. The molecule has 0 radical (unpaired) electrons. The van der Waals surface area contributed by atoms with Crippen LogP contribution >= 0.6 is 0 Å². The fourth-order valence-electron chi connectivity index (χ4n) is 7.70. The Morgan fingerprint density at radius 3 is 2.80 bits per heavy atom. The van der Waals surface area contributed by atoms with Gasteiger partial charge >= 0.3 is 0 Å². The molecule has 3 fully saturated rings. The Balaban J connectivity index is 1.49. The van der Waals surface area contributed by atoms with E-state index in [-0.39, 0.29) is 11.5 Å². The molecule has 4 aliphatic carbocycles. The molecule has 0 amide bonds. The normalized spacial score (nSPS) is 49.1. The van der Waals surface area contributed by atoms with E-state index in [2.05, 4.69) is 35.7 Å². The summed E-state index contributed by atoms with van der Waals surface area (Å²) >= 11 is 0. The molecule has 1 aromatic rings. The van der Waals surface area contributed by atoms with Crippen LogP contribution in [0, 0.1) is 34.5 Å². The van der Waals surface area contributed by atoms with Crippen molar-refractivity contribution in [3.8, 4) is 0 Å². The third kappa shape index (κ3) is 2.11. The second-order valence-corrected chi connectivity index (χ2v) is 9.79. The second kappa shape index (κ2) is 5.45. The minimum atomic E-state index is -0.0776. The molecule has 0 aromatic carbocycles. The Kier molecular flexibility index (Phi) is 3.51. The van der Waals surface area contributed by atoms with E-state index in [1.807, 2.05) is 12.5 Å². The van der Waals surface area contributed by atoms with Crippen LogP contribution in [0.1, 0.15) is 65.2 Å². The monoisotopic (exact) mass is 340 g/mol. The Bertz CT molecular complexity index is 680. The maximum absolute atomic E-state index is 11.0. The van der Waals surface area contributed by atoms with E-state index in [0.29, 0.717) is 23.2 Å². The third-order valence-corrected chi connectivity index (χ3v) is 8.91. The molecule has 1 heterocycles. The van der Waals surface area contributed by atoms with Crippen LogP contribution in [0.2, 0.25) is 0 Å². The molecule has 1 aromatic heterocycles. The second-order valence-electron chi connectivity index (χ2n) is 9.79. The first kappa shape index (κ1) is 16.1. The molecule has 0 aliphatic heterocycles. The quantitative estimate of drug-likeness (QED) is 0.802. The maximum Gasteiger partial charge on any atom is 0.0989 e. The molecule has 5 rings (SSSR count). The van der Waals surface area contributed by atoms with Gasteiger partial charge in [0, 0.05) is 23.5 Å².